The van der Waals surface area contributed by atoms with Crippen LogP contribution in [0.4, 0.5) is 24.5 Å². The maximum atomic E-state index is 12.6. The lowest BCUT2D eigenvalue weighted by Crippen LogP contribution is -2.14. The largest absolute Gasteiger partial charge is 0.416 e. The summed E-state index contributed by atoms with van der Waals surface area (Å²) in [5.41, 5.74) is 4.63. The maximum Gasteiger partial charge on any atom is 0.416 e. The van der Waals surface area contributed by atoms with Gasteiger partial charge in [-0.3, -0.25) is 4.79 Å². The summed E-state index contributed by atoms with van der Waals surface area (Å²) < 4.78 is 37.7. The molecule has 1 amide bonds. The van der Waals surface area contributed by atoms with Gasteiger partial charge in [-0.1, -0.05) is 0 Å². The van der Waals surface area contributed by atoms with E-state index in [9.17, 15) is 18.0 Å². The second-order valence-electron chi connectivity index (χ2n) is 4.03. The number of alkyl halides is 3. The van der Waals surface area contributed by atoms with Crippen molar-refractivity contribution >= 4 is 28.6 Å². The Morgan fingerprint density at radius 1 is 1.33 bits per heavy atom. The molecule has 0 fully saturated rings. The minimum Gasteiger partial charge on any atom is -0.397 e. The molecule has 21 heavy (non-hydrogen) atoms. The molecule has 0 atom stereocenters. The normalized spacial score (nSPS) is 11.0. The van der Waals surface area contributed by atoms with Gasteiger partial charge in [0.2, 0.25) is 0 Å². The summed E-state index contributed by atoms with van der Waals surface area (Å²) in [5.74, 6) is -0.571. The Hall–Kier alpha value is -2.53. The van der Waals surface area contributed by atoms with Crippen molar-refractivity contribution in [1.82, 2.24) is 0 Å². The van der Waals surface area contributed by atoms with E-state index >= 15 is 0 Å². The molecule has 1 aromatic carbocycles. The first-order chi connectivity index (χ1) is 9.82. The van der Waals surface area contributed by atoms with Crippen LogP contribution in [0, 0.1) is 11.3 Å². The third kappa shape index (κ3) is 3.14. The molecule has 0 aliphatic carbocycles. The van der Waals surface area contributed by atoms with E-state index in [0.29, 0.717) is 6.07 Å². The molecule has 0 aliphatic heterocycles. The molecule has 4 nitrogen and oxygen atoms in total. The lowest BCUT2D eigenvalue weighted by atomic mass is 10.1. The molecule has 0 saturated heterocycles. The highest BCUT2D eigenvalue weighted by atomic mass is 32.1. The summed E-state index contributed by atoms with van der Waals surface area (Å²) >= 11 is 1.10. The first kappa shape index (κ1) is 14.9. The highest BCUT2D eigenvalue weighted by Crippen LogP contribution is 2.32. The third-order valence-electron chi connectivity index (χ3n) is 2.62. The van der Waals surface area contributed by atoms with E-state index in [2.05, 4.69) is 5.32 Å². The number of nitrogens with zero attached hydrogens (tertiary/aromatic N) is 1. The van der Waals surface area contributed by atoms with Gasteiger partial charge in [0.25, 0.3) is 5.91 Å². The third-order valence-corrected chi connectivity index (χ3v) is 3.55. The Balaban J connectivity index is 2.31. The van der Waals surface area contributed by atoms with Crippen LogP contribution >= 0.6 is 11.3 Å². The Morgan fingerprint density at radius 2 is 2.05 bits per heavy atom. The van der Waals surface area contributed by atoms with Crippen LogP contribution in [0.5, 0.6) is 0 Å². The number of halogens is 3. The van der Waals surface area contributed by atoms with Crippen molar-refractivity contribution in [3.63, 3.8) is 0 Å². The minimum atomic E-state index is -4.55. The molecular formula is C13H8F3N3OS. The number of nitrogens with one attached hydrogen (secondary N) is 1. The molecule has 0 bridgehead atoms. The zero-order chi connectivity index (χ0) is 15.6. The first-order valence-electron chi connectivity index (χ1n) is 5.58. The van der Waals surface area contributed by atoms with Crippen molar-refractivity contribution in [2.45, 2.75) is 6.18 Å². The van der Waals surface area contributed by atoms with Crippen LogP contribution in [-0.2, 0) is 6.18 Å². The minimum absolute atomic E-state index is 0.00306. The van der Waals surface area contributed by atoms with Gasteiger partial charge in [-0.2, -0.15) is 18.4 Å². The van der Waals surface area contributed by atoms with Crippen molar-refractivity contribution in [2.75, 3.05) is 11.1 Å². The van der Waals surface area contributed by atoms with Gasteiger partial charge in [0.15, 0.2) is 0 Å². The predicted octanol–water partition coefficient (Wildman–Crippen LogP) is 3.47. The second kappa shape index (κ2) is 5.46. The summed E-state index contributed by atoms with van der Waals surface area (Å²) in [4.78, 5) is 12.2. The molecule has 0 aliphatic rings. The van der Waals surface area contributed by atoms with Gasteiger partial charge >= 0.3 is 6.18 Å². The number of carbonyl (C=O) groups is 1. The number of hydrogen-bond donors (Lipinski definition) is 2. The van der Waals surface area contributed by atoms with E-state index in [1.807, 2.05) is 0 Å². The Bertz CT molecular complexity index is 731. The molecule has 108 valence electrons. The lowest BCUT2D eigenvalue weighted by molar-refractivity contribution is -0.137. The SMILES string of the molecule is N#Cc1cc(C(F)(F)F)ccc1NC(=O)c1sccc1N. The summed E-state index contributed by atoms with van der Waals surface area (Å²) in [5, 5.41) is 12.9. The maximum absolute atomic E-state index is 12.6. The molecule has 2 aromatic rings. The number of anilines is 2. The Labute approximate surface area is 121 Å². The molecule has 8 heteroatoms. The average molecular weight is 311 g/mol. The van der Waals surface area contributed by atoms with Crippen LogP contribution in [-0.4, -0.2) is 5.91 Å². The molecule has 0 unspecified atom stereocenters. The van der Waals surface area contributed by atoms with E-state index in [4.69, 9.17) is 11.0 Å². The number of benzene rings is 1. The van der Waals surface area contributed by atoms with Gasteiger partial charge in [0.05, 0.1) is 22.5 Å². The van der Waals surface area contributed by atoms with Gasteiger partial charge < -0.3 is 11.1 Å². The summed E-state index contributed by atoms with van der Waals surface area (Å²) in [6.07, 6.45) is -4.55. The fraction of sp³-hybridized carbons (Fsp3) is 0.0769. The van der Waals surface area contributed by atoms with Crippen LogP contribution in [0.2, 0.25) is 0 Å². The second-order valence-corrected chi connectivity index (χ2v) is 4.95. The summed E-state index contributed by atoms with van der Waals surface area (Å²) in [6.45, 7) is 0. The van der Waals surface area contributed by atoms with Crippen molar-refractivity contribution in [3.8, 4) is 6.07 Å². The number of rotatable bonds is 2. The smallest absolute Gasteiger partial charge is 0.397 e. The monoisotopic (exact) mass is 311 g/mol. The highest BCUT2D eigenvalue weighted by Gasteiger charge is 2.31. The van der Waals surface area contributed by atoms with E-state index in [0.717, 1.165) is 23.5 Å². The van der Waals surface area contributed by atoms with Crippen LogP contribution < -0.4 is 11.1 Å². The van der Waals surface area contributed by atoms with Crippen LogP contribution in [0.3, 0.4) is 0 Å². The molecule has 3 N–H and O–H groups in total. The first-order valence-corrected chi connectivity index (χ1v) is 6.46. The fourth-order valence-corrected chi connectivity index (χ4v) is 2.32. The zero-order valence-electron chi connectivity index (χ0n) is 10.4. The number of thiophene rings is 1. The topological polar surface area (TPSA) is 78.9 Å². The number of carbonyl (C=O) groups excluding carboxylic acids is 1. The molecule has 0 spiro atoms. The van der Waals surface area contributed by atoms with Crippen LogP contribution in [0.1, 0.15) is 20.8 Å². The van der Waals surface area contributed by atoms with E-state index in [1.165, 1.54) is 6.07 Å². The quantitative estimate of drug-likeness (QED) is 0.891. The van der Waals surface area contributed by atoms with Crippen molar-refractivity contribution in [1.29, 1.82) is 5.26 Å². The van der Waals surface area contributed by atoms with Gasteiger partial charge in [-0.25, -0.2) is 0 Å². The number of amides is 1. The van der Waals surface area contributed by atoms with Crippen molar-refractivity contribution in [3.05, 3.63) is 45.6 Å². The highest BCUT2D eigenvalue weighted by molar-refractivity contribution is 7.12. The van der Waals surface area contributed by atoms with Crippen molar-refractivity contribution < 1.29 is 18.0 Å². The van der Waals surface area contributed by atoms with E-state index < -0.39 is 17.6 Å². The molecule has 0 radical (unpaired) electrons. The molecule has 1 aromatic heterocycles. The molecule has 2 rings (SSSR count). The number of nitrogen functional groups attached to an aromatic ring is 1. The van der Waals surface area contributed by atoms with E-state index in [1.54, 1.807) is 11.4 Å². The van der Waals surface area contributed by atoms with E-state index in [-0.39, 0.29) is 21.8 Å². The average Bonchev–Trinajstić information content (AvgIpc) is 2.84. The van der Waals surface area contributed by atoms with Gasteiger partial charge in [0, 0.05) is 0 Å². The Kier molecular flexibility index (Phi) is 3.86. The molecule has 0 saturated carbocycles. The summed E-state index contributed by atoms with van der Waals surface area (Å²) in [6, 6.07) is 5.70. The molecule has 1 heterocycles. The van der Waals surface area contributed by atoms with Gasteiger partial charge in [-0.15, -0.1) is 11.3 Å². The molecular weight excluding hydrogens is 303 g/mol. The predicted molar refractivity (Wildman–Crippen MR) is 72.8 cm³/mol. The fourth-order valence-electron chi connectivity index (χ4n) is 1.60. The zero-order valence-corrected chi connectivity index (χ0v) is 11.2. The Morgan fingerprint density at radius 3 is 2.57 bits per heavy atom. The van der Waals surface area contributed by atoms with Crippen LogP contribution in [0.25, 0.3) is 0 Å². The van der Waals surface area contributed by atoms with Gasteiger partial charge in [-0.05, 0) is 29.6 Å². The van der Waals surface area contributed by atoms with Crippen molar-refractivity contribution in [2.24, 2.45) is 0 Å². The van der Waals surface area contributed by atoms with Gasteiger partial charge in [0.1, 0.15) is 10.9 Å². The standard InChI is InChI=1S/C13H8F3N3OS/c14-13(15,16)8-1-2-10(7(5-8)6-17)19-12(20)11-9(18)3-4-21-11/h1-5H,18H2,(H,19,20). The van der Waals surface area contributed by atoms with Crippen LogP contribution in [0.15, 0.2) is 29.6 Å². The number of nitrogens with two attached hydrogens (primary N) is 1. The number of hydrogen-bond acceptors (Lipinski definition) is 4. The lowest BCUT2D eigenvalue weighted by Gasteiger charge is -2.10. The number of nitriles is 1. The summed E-state index contributed by atoms with van der Waals surface area (Å²) in [7, 11) is 0.